The first-order valence-corrected chi connectivity index (χ1v) is 12.2. The number of aliphatic hydroxyl groups is 1. The normalized spacial score (nSPS) is 37.1. The monoisotopic (exact) mass is 392 g/mol. The molecule has 0 aromatic rings. The van der Waals surface area contributed by atoms with E-state index in [0.717, 1.165) is 37.6 Å². The Morgan fingerprint density at radius 2 is 2.04 bits per heavy atom. The molecule has 4 heteroatoms. The predicted octanol–water partition coefficient (Wildman–Crippen LogP) is 5.66. The first-order valence-electron chi connectivity index (χ1n) is 11.3. The number of hydrogen-bond acceptors (Lipinski definition) is 4. The molecular formula is C23H40N2OS. The van der Waals surface area contributed by atoms with Gasteiger partial charge in [-0.25, -0.2) is 0 Å². The molecular weight excluding hydrogens is 352 g/mol. The Balaban J connectivity index is 1.55. The topological polar surface area (TPSA) is 58.3 Å². The maximum atomic E-state index is 9.92. The van der Waals surface area contributed by atoms with Gasteiger partial charge in [0.2, 0.25) is 0 Å². The molecule has 0 saturated heterocycles. The van der Waals surface area contributed by atoms with Crippen molar-refractivity contribution >= 4 is 12.1 Å². The lowest BCUT2D eigenvalue weighted by atomic mass is 9.62. The van der Waals surface area contributed by atoms with E-state index in [1.807, 2.05) is 0 Å². The Morgan fingerprint density at radius 1 is 1.15 bits per heavy atom. The minimum atomic E-state index is -0.102. The van der Waals surface area contributed by atoms with Crippen LogP contribution in [0.15, 0.2) is 23.3 Å². The van der Waals surface area contributed by atoms with Crippen LogP contribution in [0.4, 0.5) is 0 Å². The van der Waals surface area contributed by atoms with Gasteiger partial charge in [0.25, 0.3) is 0 Å². The Labute approximate surface area is 170 Å². The van der Waals surface area contributed by atoms with Crippen LogP contribution in [0.25, 0.3) is 0 Å². The molecule has 3 saturated carbocycles. The third-order valence-corrected chi connectivity index (χ3v) is 8.01. The largest absolute Gasteiger partial charge is 0.393 e. The van der Waals surface area contributed by atoms with Crippen LogP contribution in [0.1, 0.15) is 90.4 Å². The van der Waals surface area contributed by atoms with Crippen molar-refractivity contribution in [2.75, 3.05) is 6.54 Å². The third kappa shape index (κ3) is 5.62. The van der Waals surface area contributed by atoms with Gasteiger partial charge in [0.15, 0.2) is 0 Å². The van der Waals surface area contributed by atoms with E-state index in [2.05, 4.69) is 23.8 Å². The molecule has 3 aliphatic rings. The second-order valence-electron chi connectivity index (χ2n) is 9.36. The Hall–Kier alpha value is -0.290. The predicted molar refractivity (Wildman–Crippen MR) is 117 cm³/mol. The maximum absolute atomic E-state index is 9.92. The summed E-state index contributed by atoms with van der Waals surface area (Å²) in [6, 6.07) is 0. The number of hydrogen-bond donors (Lipinski definition) is 3. The highest BCUT2D eigenvalue weighted by Gasteiger charge is 2.48. The van der Waals surface area contributed by atoms with Gasteiger partial charge in [-0.2, -0.15) is 0 Å². The summed E-state index contributed by atoms with van der Waals surface area (Å²) >= 11 is 1.24. The van der Waals surface area contributed by atoms with E-state index >= 15 is 0 Å². The quantitative estimate of drug-likeness (QED) is 0.368. The molecule has 3 aliphatic carbocycles. The molecule has 154 valence electrons. The molecule has 4 N–H and O–H groups in total. The van der Waals surface area contributed by atoms with Gasteiger partial charge in [-0.15, -0.1) is 0 Å². The Bertz CT molecular complexity index is 532. The average molecular weight is 393 g/mol. The number of allylic oxidation sites excluding steroid dienone is 3. The van der Waals surface area contributed by atoms with Crippen LogP contribution in [0, 0.1) is 17.3 Å². The first kappa shape index (κ1) is 21.4. The van der Waals surface area contributed by atoms with Crippen molar-refractivity contribution in [3.63, 3.8) is 0 Å². The fraction of sp³-hybridized carbons (Fsp3) is 0.826. The lowest BCUT2D eigenvalue weighted by molar-refractivity contribution is 0.127. The number of nitrogens with one attached hydrogen (secondary N) is 1. The summed E-state index contributed by atoms with van der Waals surface area (Å²) in [5, 5.41) is 15.3. The summed E-state index contributed by atoms with van der Waals surface area (Å²) < 4.78 is 3.14. The van der Waals surface area contributed by atoms with Gasteiger partial charge in [0, 0.05) is 18.7 Å². The van der Waals surface area contributed by atoms with Crippen LogP contribution < -0.4 is 9.86 Å². The molecule has 3 nitrogen and oxygen atoms in total. The van der Waals surface area contributed by atoms with E-state index in [4.69, 9.17) is 5.14 Å². The van der Waals surface area contributed by atoms with Crippen molar-refractivity contribution in [1.29, 1.82) is 0 Å². The van der Waals surface area contributed by atoms with Gasteiger partial charge in [0.05, 0.1) is 6.10 Å². The van der Waals surface area contributed by atoms with Crippen molar-refractivity contribution in [1.82, 2.24) is 4.72 Å². The summed E-state index contributed by atoms with van der Waals surface area (Å²) in [4.78, 5) is 0. The first-order chi connectivity index (χ1) is 13.1. The van der Waals surface area contributed by atoms with Gasteiger partial charge >= 0.3 is 0 Å². The Morgan fingerprint density at radius 3 is 2.85 bits per heavy atom. The van der Waals surface area contributed by atoms with Crippen molar-refractivity contribution in [3.05, 3.63) is 23.3 Å². The smallest absolute Gasteiger partial charge is 0.0577 e. The molecule has 0 radical (unpaired) electrons. The SMILES string of the molecule is CC12CCC/C(=C\C=C3\CCCC(O)C3)C1CCC2CCCCCNSN. The summed E-state index contributed by atoms with van der Waals surface area (Å²) in [6.07, 6.45) is 21.2. The van der Waals surface area contributed by atoms with Crippen LogP contribution >= 0.6 is 12.1 Å². The summed E-state index contributed by atoms with van der Waals surface area (Å²) in [7, 11) is 0. The highest BCUT2D eigenvalue weighted by molar-refractivity contribution is 7.95. The zero-order chi connectivity index (χ0) is 19.1. The van der Waals surface area contributed by atoms with Gasteiger partial charge < -0.3 is 5.11 Å². The molecule has 0 aromatic carbocycles. The van der Waals surface area contributed by atoms with Crippen LogP contribution in [-0.2, 0) is 0 Å². The fourth-order valence-electron chi connectivity index (χ4n) is 6.09. The number of aliphatic hydroxyl groups excluding tert-OH is 1. The van der Waals surface area contributed by atoms with E-state index in [1.54, 1.807) is 5.57 Å². The van der Waals surface area contributed by atoms with Gasteiger partial charge in [-0.1, -0.05) is 43.1 Å². The summed E-state index contributed by atoms with van der Waals surface area (Å²) in [5.74, 6) is 1.71. The van der Waals surface area contributed by atoms with Gasteiger partial charge in [-0.3, -0.25) is 9.86 Å². The van der Waals surface area contributed by atoms with Crippen LogP contribution in [-0.4, -0.2) is 17.8 Å². The van der Waals surface area contributed by atoms with Crippen molar-refractivity contribution in [2.45, 2.75) is 96.5 Å². The second kappa shape index (κ2) is 10.5. The van der Waals surface area contributed by atoms with Crippen LogP contribution in [0.3, 0.4) is 0 Å². The Kier molecular flexibility index (Phi) is 8.31. The third-order valence-electron chi connectivity index (χ3n) is 7.64. The molecule has 4 unspecified atom stereocenters. The molecule has 0 aromatic heterocycles. The van der Waals surface area contributed by atoms with Crippen molar-refractivity contribution < 1.29 is 5.11 Å². The van der Waals surface area contributed by atoms with E-state index in [-0.39, 0.29) is 6.10 Å². The van der Waals surface area contributed by atoms with Crippen LogP contribution in [0.2, 0.25) is 0 Å². The highest BCUT2D eigenvalue weighted by Crippen LogP contribution is 2.58. The van der Waals surface area contributed by atoms with E-state index in [9.17, 15) is 5.11 Å². The number of unbranched alkanes of at least 4 members (excludes halogenated alkanes) is 2. The molecule has 0 amide bonds. The molecule has 0 aliphatic heterocycles. The highest BCUT2D eigenvalue weighted by atomic mass is 32.2. The average Bonchev–Trinajstić information content (AvgIpc) is 3.00. The van der Waals surface area contributed by atoms with Gasteiger partial charge in [-0.05, 0) is 87.9 Å². The number of nitrogens with two attached hydrogens (primary N) is 1. The summed E-state index contributed by atoms with van der Waals surface area (Å²) in [6.45, 7) is 3.62. The van der Waals surface area contributed by atoms with E-state index < -0.39 is 0 Å². The lowest BCUT2D eigenvalue weighted by Crippen LogP contribution is -2.33. The standard InChI is InChI=1S/C23H40N2OS/c1-23-15-6-8-19(12-11-18-7-5-10-21(26)17-18)22(23)14-13-20(23)9-3-2-4-16-25-27-24/h11-12,20-22,25-26H,2-10,13-17,24H2,1H3/b18-11-,19-12+. The minimum absolute atomic E-state index is 0.102. The molecule has 4 atom stereocenters. The molecule has 0 bridgehead atoms. The molecule has 27 heavy (non-hydrogen) atoms. The molecule has 0 heterocycles. The number of fused-ring (bicyclic) bond motifs is 1. The summed E-state index contributed by atoms with van der Waals surface area (Å²) in [5.41, 5.74) is 3.70. The van der Waals surface area contributed by atoms with E-state index in [1.165, 1.54) is 81.9 Å². The van der Waals surface area contributed by atoms with E-state index in [0.29, 0.717) is 5.41 Å². The van der Waals surface area contributed by atoms with Crippen molar-refractivity contribution in [2.24, 2.45) is 22.4 Å². The molecule has 0 spiro atoms. The second-order valence-corrected chi connectivity index (χ2v) is 9.89. The zero-order valence-corrected chi connectivity index (χ0v) is 18.0. The van der Waals surface area contributed by atoms with Gasteiger partial charge in [0.1, 0.15) is 0 Å². The van der Waals surface area contributed by atoms with Crippen molar-refractivity contribution in [3.8, 4) is 0 Å². The zero-order valence-electron chi connectivity index (χ0n) is 17.2. The number of rotatable bonds is 8. The lowest BCUT2D eigenvalue weighted by Gasteiger charge is -2.42. The van der Waals surface area contributed by atoms with Crippen LogP contribution in [0.5, 0.6) is 0 Å². The fourth-order valence-corrected chi connectivity index (χ4v) is 6.35. The molecule has 3 fully saturated rings. The maximum Gasteiger partial charge on any atom is 0.0577 e. The molecule has 3 rings (SSSR count). The minimum Gasteiger partial charge on any atom is -0.393 e.